The van der Waals surface area contributed by atoms with Gasteiger partial charge < -0.3 is 10.5 Å². The second-order valence-corrected chi connectivity index (χ2v) is 3.99. The number of nitrogens with zero attached hydrogens (tertiary/aromatic N) is 3. The molecule has 17 heavy (non-hydrogen) atoms. The first-order valence-corrected chi connectivity index (χ1v) is 5.44. The minimum absolute atomic E-state index is 0.215. The zero-order chi connectivity index (χ0) is 11.8. The van der Waals surface area contributed by atoms with E-state index in [4.69, 9.17) is 10.5 Å². The topological polar surface area (TPSA) is 73.9 Å². The van der Waals surface area contributed by atoms with Gasteiger partial charge in [0.25, 0.3) is 0 Å². The lowest BCUT2D eigenvalue weighted by Crippen LogP contribution is -2.11. The highest BCUT2D eigenvalue weighted by atomic mass is 16.5. The van der Waals surface area contributed by atoms with Gasteiger partial charge in [0.05, 0.1) is 18.5 Å². The van der Waals surface area contributed by atoms with E-state index in [2.05, 4.69) is 15.2 Å². The van der Waals surface area contributed by atoms with Gasteiger partial charge in [-0.25, -0.2) is 4.98 Å². The third-order valence-electron chi connectivity index (χ3n) is 2.97. The van der Waals surface area contributed by atoms with Crippen LogP contribution < -0.4 is 10.5 Å². The SMILES string of the molecule is COc1ccc2c(c1)CCc1nnc(N)nc1-2. The number of methoxy groups -OCH3 is 1. The zero-order valence-electron chi connectivity index (χ0n) is 9.47. The highest BCUT2D eigenvalue weighted by molar-refractivity contribution is 5.69. The predicted molar refractivity (Wildman–Crippen MR) is 63.6 cm³/mol. The molecular formula is C12H12N4O. The summed E-state index contributed by atoms with van der Waals surface area (Å²) in [6.45, 7) is 0. The second-order valence-electron chi connectivity index (χ2n) is 3.99. The van der Waals surface area contributed by atoms with Crippen LogP contribution in [0.4, 0.5) is 5.95 Å². The Morgan fingerprint density at radius 2 is 2.12 bits per heavy atom. The van der Waals surface area contributed by atoms with Gasteiger partial charge in [-0.3, -0.25) is 0 Å². The number of aromatic nitrogens is 3. The van der Waals surface area contributed by atoms with E-state index < -0.39 is 0 Å². The van der Waals surface area contributed by atoms with Crippen LogP contribution in [0.1, 0.15) is 11.3 Å². The fourth-order valence-electron chi connectivity index (χ4n) is 2.13. The Morgan fingerprint density at radius 1 is 1.24 bits per heavy atom. The number of nitrogens with two attached hydrogens (primary N) is 1. The summed E-state index contributed by atoms with van der Waals surface area (Å²) in [6, 6.07) is 5.96. The maximum absolute atomic E-state index is 5.59. The minimum atomic E-state index is 0.215. The fourth-order valence-corrected chi connectivity index (χ4v) is 2.13. The molecule has 86 valence electrons. The minimum Gasteiger partial charge on any atom is -0.497 e. The third-order valence-corrected chi connectivity index (χ3v) is 2.97. The van der Waals surface area contributed by atoms with Gasteiger partial charge >= 0.3 is 0 Å². The van der Waals surface area contributed by atoms with Crippen LogP contribution in [0.25, 0.3) is 11.3 Å². The van der Waals surface area contributed by atoms with Gasteiger partial charge in [-0.15, -0.1) is 10.2 Å². The van der Waals surface area contributed by atoms with Gasteiger partial charge in [0.15, 0.2) is 0 Å². The summed E-state index contributed by atoms with van der Waals surface area (Å²) in [4.78, 5) is 4.27. The van der Waals surface area contributed by atoms with Crippen molar-refractivity contribution >= 4 is 5.95 Å². The van der Waals surface area contributed by atoms with E-state index in [-0.39, 0.29) is 5.95 Å². The molecule has 1 heterocycles. The summed E-state index contributed by atoms with van der Waals surface area (Å²) >= 11 is 0. The molecule has 5 nitrogen and oxygen atoms in total. The van der Waals surface area contributed by atoms with Gasteiger partial charge in [0.1, 0.15) is 5.75 Å². The molecule has 1 aromatic carbocycles. The molecule has 1 aromatic heterocycles. The van der Waals surface area contributed by atoms with Crippen LogP contribution in [0.3, 0.4) is 0 Å². The van der Waals surface area contributed by atoms with E-state index in [0.29, 0.717) is 0 Å². The molecule has 0 saturated heterocycles. The lowest BCUT2D eigenvalue weighted by molar-refractivity contribution is 0.414. The van der Waals surface area contributed by atoms with Gasteiger partial charge in [-0.05, 0) is 36.6 Å². The Kier molecular flexibility index (Phi) is 2.18. The lowest BCUT2D eigenvalue weighted by Gasteiger charge is -2.18. The average Bonchev–Trinajstić information content (AvgIpc) is 2.37. The molecule has 2 N–H and O–H groups in total. The summed E-state index contributed by atoms with van der Waals surface area (Å²) < 4.78 is 5.22. The molecule has 5 heteroatoms. The molecule has 0 aliphatic heterocycles. The largest absolute Gasteiger partial charge is 0.497 e. The van der Waals surface area contributed by atoms with Crippen molar-refractivity contribution in [3.05, 3.63) is 29.5 Å². The number of fused-ring (bicyclic) bond motifs is 3. The standard InChI is InChI=1S/C12H12N4O/c1-17-8-3-4-9-7(6-8)2-5-10-11(9)14-12(13)16-15-10/h3-4,6H,2,5H2,1H3,(H2,13,14,16). The van der Waals surface area contributed by atoms with Crippen LogP contribution in [0.15, 0.2) is 18.2 Å². The molecule has 0 saturated carbocycles. The van der Waals surface area contributed by atoms with Crippen LogP contribution in [0.5, 0.6) is 5.75 Å². The van der Waals surface area contributed by atoms with Crippen LogP contribution >= 0.6 is 0 Å². The summed E-state index contributed by atoms with van der Waals surface area (Å²) in [6.07, 6.45) is 1.77. The molecule has 0 bridgehead atoms. The second kappa shape index (κ2) is 3.69. The van der Waals surface area contributed by atoms with Crippen LogP contribution in [-0.2, 0) is 12.8 Å². The first-order chi connectivity index (χ1) is 8.28. The summed E-state index contributed by atoms with van der Waals surface area (Å²) in [5, 5.41) is 7.88. The molecule has 0 radical (unpaired) electrons. The highest BCUT2D eigenvalue weighted by Crippen LogP contribution is 2.33. The maximum Gasteiger partial charge on any atom is 0.240 e. The average molecular weight is 228 g/mol. The number of nitrogen functional groups attached to an aromatic ring is 1. The van der Waals surface area contributed by atoms with Crippen molar-refractivity contribution in [2.45, 2.75) is 12.8 Å². The molecule has 2 aromatic rings. The van der Waals surface area contributed by atoms with E-state index in [9.17, 15) is 0 Å². The Labute approximate surface area is 98.7 Å². The van der Waals surface area contributed by atoms with E-state index >= 15 is 0 Å². The molecule has 0 amide bonds. The highest BCUT2D eigenvalue weighted by Gasteiger charge is 2.19. The van der Waals surface area contributed by atoms with Crippen LogP contribution in [0.2, 0.25) is 0 Å². The quantitative estimate of drug-likeness (QED) is 0.794. The first kappa shape index (κ1) is 10.0. The van der Waals surface area contributed by atoms with Crippen molar-refractivity contribution in [2.24, 2.45) is 0 Å². The van der Waals surface area contributed by atoms with Crippen molar-refractivity contribution in [3.8, 4) is 17.0 Å². The van der Waals surface area contributed by atoms with Crippen LogP contribution in [-0.4, -0.2) is 22.3 Å². The van der Waals surface area contributed by atoms with E-state index in [1.54, 1.807) is 7.11 Å². The maximum atomic E-state index is 5.59. The van der Waals surface area contributed by atoms with Crippen molar-refractivity contribution in [2.75, 3.05) is 12.8 Å². The smallest absolute Gasteiger partial charge is 0.240 e. The summed E-state index contributed by atoms with van der Waals surface area (Å²) in [5.74, 6) is 1.08. The van der Waals surface area contributed by atoms with Gasteiger partial charge in [-0.1, -0.05) is 0 Å². The number of aryl methyl sites for hydroxylation is 2. The van der Waals surface area contributed by atoms with E-state index in [1.165, 1.54) is 5.56 Å². The molecule has 0 atom stereocenters. The molecular weight excluding hydrogens is 216 g/mol. The number of benzene rings is 1. The van der Waals surface area contributed by atoms with Crippen molar-refractivity contribution in [3.63, 3.8) is 0 Å². The van der Waals surface area contributed by atoms with Crippen molar-refractivity contribution in [1.82, 2.24) is 15.2 Å². The molecule has 0 unspecified atom stereocenters. The number of ether oxygens (including phenoxy) is 1. The van der Waals surface area contributed by atoms with Gasteiger partial charge in [0, 0.05) is 5.56 Å². The molecule has 3 rings (SSSR count). The number of hydrogen-bond donors (Lipinski definition) is 1. The fraction of sp³-hybridized carbons (Fsp3) is 0.250. The predicted octanol–water partition coefficient (Wildman–Crippen LogP) is 1.23. The van der Waals surface area contributed by atoms with Crippen LogP contribution in [0, 0.1) is 0 Å². The molecule has 0 fully saturated rings. The summed E-state index contributed by atoms with van der Waals surface area (Å²) in [5.41, 5.74) is 9.64. The van der Waals surface area contributed by atoms with Crippen molar-refractivity contribution in [1.29, 1.82) is 0 Å². The third kappa shape index (κ3) is 1.60. The normalized spacial score (nSPS) is 12.8. The van der Waals surface area contributed by atoms with Gasteiger partial charge in [0.2, 0.25) is 5.95 Å². The Morgan fingerprint density at radius 3 is 2.94 bits per heavy atom. The Bertz CT molecular complexity index is 583. The van der Waals surface area contributed by atoms with E-state index in [0.717, 1.165) is 35.5 Å². The Balaban J connectivity index is 2.19. The number of rotatable bonds is 1. The van der Waals surface area contributed by atoms with Crippen molar-refractivity contribution < 1.29 is 4.74 Å². The molecule has 0 spiro atoms. The molecule has 1 aliphatic rings. The van der Waals surface area contributed by atoms with E-state index in [1.807, 2.05) is 18.2 Å². The summed E-state index contributed by atoms with van der Waals surface area (Å²) in [7, 11) is 1.67. The lowest BCUT2D eigenvalue weighted by atomic mass is 9.92. The number of hydrogen-bond acceptors (Lipinski definition) is 5. The van der Waals surface area contributed by atoms with Gasteiger partial charge in [-0.2, -0.15) is 0 Å². The first-order valence-electron chi connectivity index (χ1n) is 5.44. The Hall–Kier alpha value is -2.17. The monoisotopic (exact) mass is 228 g/mol. The number of anilines is 1. The zero-order valence-corrected chi connectivity index (χ0v) is 9.47. The molecule has 1 aliphatic carbocycles.